The summed E-state index contributed by atoms with van der Waals surface area (Å²) in [7, 11) is 0. The summed E-state index contributed by atoms with van der Waals surface area (Å²) in [6.45, 7) is 0. The first-order valence-corrected chi connectivity index (χ1v) is 9.19. The summed E-state index contributed by atoms with van der Waals surface area (Å²) >= 11 is 5.95. The van der Waals surface area contributed by atoms with Crippen LogP contribution in [-0.4, -0.2) is 15.0 Å². The first kappa shape index (κ1) is 15.2. The third-order valence-corrected chi connectivity index (χ3v) is 4.75. The highest BCUT2D eigenvalue weighted by atomic mass is 127. The lowest BCUT2D eigenvalue weighted by molar-refractivity contribution is 0.603. The van der Waals surface area contributed by atoms with E-state index >= 15 is 0 Å². The molecule has 0 aliphatic heterocycles. The maximum absolute atomic E-state index is 4.45. The molecule has 0 atom stereocenters. The third-order valence-electron chi connectivity index (χ3n) is 3.86. The molecular weight excluding hydrogens is 441 g/mol. The zero-order chi connectivity index (χ0) is 14.7. The molecule has 21 heavy (non-hydrogen) atoms. The molecule has 1 aliphatic carbocycles. The van der Waals surface area contributed by atoms with Gasteiger partial charge in [0.25, 0.3) is 0 Å². The molecule has 0 unspecified atom stereocenters. The van der Waals surface area contributed by atoms with Gasteiger partial charge < -0.3 is 0 Å². The maximum atomic E-state index is 4.45. The van der Waals surface area contributed by atoms with E-state index in [1.54, 1.807) is 0 Å². The normalized spacial score (nSPS) is 16.7. The molecule has 0 saturated heterocycles. The second-order valence-electron chi connectivity index (χ2n) is 5.28. The van der Waals surface area contributed by atoms with Crippen LogP contribution in [0.15, 0.2) is 32.8 Å². The monoisotopic (exact) mass is 457 g/mol. The van der Waals surface area contributed by atoms with E-state index in [4.69, 9.17) is 0 Å². The fourth-order valence-electron chi connectivity index (χ4n) is 2.80. The van der Waals surface area contributed by atoms with Gasteiger partial charge in [0, 0.05) is 5.56 Å². The topological polar surface area (TPSA) is 30.7 Å². The van der Waals surface area contributed by atoms with E-state index in [9.17, 15) is 0 Å². The number of halogens is 2. The SMILES string of the molecule is Br/C(I)=C(/c1ccccc1)n1nnc2c1CCCCCC2. The Hall–Kier alpha value is -0.690. The Morgan fingerprint density at radius 2 is 1.76 bits per heavy atom. The molecule has 0 N–H and O–H groups in total. The number of rotatable bonds is 2. The van der Waals surface area contributed by atoms with Gasteiger partial charge in [-0.1, -0.05) is 48.4 Å². The lowest BCUT2D eigenvalue weighted by Gasteiger charge is -2.14. The average molecular weight is 458 g/mol. The molecular formula is C16H17BrIN3. The summed E-state index contributed by atoms with van der Waals surface area (Å²) < 4.78 is 3.09. The van der Waals surface area contributed by atoms with Crippen LogP contribution in [0, 0.1) is 0 Å². The molecule has 1 heterocycles. The Balaban J connectivity index is 2.08. The summed E-state index contributed by atoms with van der Waals surface area (Å²) in [5.41, 5.74) is 4.70. The van der Waals surface area contributed by atoms with Crippen LogP contribution in [0.25, 0.3) is 5.70 Å². The van der Waals surface area contributed by atoms with E-state index in [0.717, 1.165) is 26.6 Å². The van der Waals surface area contributed by atoms with Crippen LogP contribution in [0.5, 0.6) is 0 Å². The Morgan fingerprint density at radius 3 is 2.48 bits per heavy atom. The van der Waals surface area contributed by atoms with Crippen LogP contribution in [0.2, 0.25) is 0 Å². The van der Waals surface area contributed by atoms with Gasteiger partial charge in [-0.15, -0.1) is 5.10 Å². The quantitative estimate of drug-likeness (QED) is 0.598. The summed E-state index contributed by atoms with van der Waals surface area (Å²) in [6.07, 6.45) is 7.18. The Kier molecular flexibility index (Phi) is 5.11. The minimum atomic E-state index is 1.05. The van der Waals surface area contributed by atoms with E-state index < -0.39 is 0 Å². The maximum Gasteiger partial charge on any atom is 0.0942 e. The van der Waals surface area contributed by atoms with Gasteiger partial charge in [-0.25, -0.2) is 4.68 Å². The number of benzene rings is 1. The number of nitrogens with zero attached hydrogens (tertiary/aromatic N) is 3. The zero-order valence-corrected chi connectivity index (χ0v) is 15.5. The van der Waals surface area contributed by atoms with Gasteiger partial charge >= 0.3 is 0 Å². The van der Waals surface area contributed by atoms with Crippen LogP contribution in [0.4, 0.5) is 0 Å². The van der Waals surface area contributed by atoms with Gasteiger partial charge in [-0.05, 0) is 64.2 Å². The molecule has 0 radical (unpaired) electrons. The standard InChI is InChI=1S/C16H17BrIN3/c17-16(18)15(12-8-4-3-5-9-12)21-14-11-7-2-1-6-10-13(14)19-20-21/h3-5,8-9H,1-2,6-7,10-11H2/b16-15+. The summed E-state index contributed by atoms with van der Waals surface area (Å²) in [5.74, 6) is 0. The molecule has 1 aliphatic rings. The first-order valence-electron chi connectivity index (χ1n) is 7.32. The van der Waals surface area contributed by atoms with Crippen LogP contribution in [0.3, 0.4) is 0 Å². The van der Waals surface area contributed by atoms with Crippen molar-refractivity contribution in [2.45, 2.75) is 38.5 Å². The molecule has 0 bridgehead atoms. The van der Waals surface area contributed by atoms with Crippen molar-refractivity contribution in [2.24, 2.45) is 0 Å². The van der Waals surface area contributed by atoms with Crippen molar-refractivity contribution < 1.29 is 0 Å². The first-order chi connectivity index (χ1) is 10.3. The highest BCUT2D eigenvalue weighted by molar-refractivity contribution is 14.1. The molecule has 0 fully saturated rings. The van der Waals surface area contributed by atoms with Crippen LogP contribution < -0.4 is 0 Å². The molecule has 3 nitrogen and oxygen atoms in total. The number of aromatic nitrogens is 3. The van der Waals surface area contributed by atoms with Crippen molar-refractivity contribution >= 4 is 44.2 Å². The average Bonchev–Trinajstić information content (AvgIpc) is 2.81. The van der Waals surface area contributed by atoms with Gasteiger partial charge in [0.15, 0.2) is 0 Å². The van der Waals surface area contributed by atoms with Crippen molar-refractivity contribution in [3.05, 3.63) is 49.8 Å². The minimum Gasteiger partial charge on any atom is -0.215 e. The Bertz CT molecular complexity index is 645. The fraction of sp³-hybridized carbons (Fsp3) is 0.375. The molecule has 0 spiro atoms. The Morgan fingerprint density at radius 1 is 1.05 bits per heavy atom. The largest absolute Gasteiger partial charge is 0.215 e. The number of aryl methyl sites for hydroxylation is 1. The number of hydrogen-bond donors (Lipinski definition) is 0. The highest BCUT2D eigenvalue weighted by Crippen LogP contribution is 2.31. The molecule has 2 aromatic rings. The number of fused-ring (bicyclic) bond motifs is 1. The predicted molar refractivity (Wildman–Crippen MR) is 97.6 cm³/mol. The second-order valence-corrected chi connectivity index (χ2v) is 8.64. The van der Waals surface area contributed by atoms with Gasteiger partial charge in [-0.2, -0.15) is 0 Å². The van der Waals surface area contributed by atoms with Crippen molar-refractivity contribution in [3.63, 3.8) is 0 Å². The van der Waals surface area contributed by atoms with Gasteiger partial charge in [0.2, 0.25) is 0 Å². The smallest absolute Gasteiger partial charge is 0.0942 e. The van der Waals surface area contributed by atoms with Gasteiger partial charge in [0.05, 0.1) is 19.6 Å². The highest BCUT2D eigenvalue weighted by Gasteiger charge is 2.19. The van der Waals surface area contributed by atoms with Gasteiger partial charge in [0.1, 0.15) is 0 Å². The second kappa shape index (κ2) is 7.05. The minimum absolute atomic E-state index is 1.05. The predicted octanol–water partition coefficient (Wildman–Crippen LogP) is 4.94. The number of hydrogen-bond acceptors (Lipinski definition) is 2. The molecule has 1 aromatic heterocycles. The Labute approximate surface area is 147 Å². The fourth-order valence-corrected chi connectivity index (χ4v) is 3.74. The summed E-state index contributed by atoms with van der Waals surface area (Å²) in [4.78, 5) is 0. The molecule has 0 amide bonds. The molecule has 3 rings (SSSR count). The van der Waals surface area contributed by atoms with Crippen molar-refractivity contribution in [2.75, 3.05) is 0 Å². The van der Waals surface area contributed by atoms with E-state index in [1.807, 2.05) is 10.7 Å². The van der Waals surface area contributed by atoms with E-state index in [1.165, 1.54) is 37.1 Å². The van der Waals surface area contributed by atoms with Crippen LogP contribution in [-0.2, 0) is 12.8 Å². The molecule has 110 valence electrons. The van der Waals surface area contributed by atoms with E-state index in [2.05, 4.69) is 73.1 Å². The van der Waals surface area contributed by atoms with Crippen LogP contribution in [0.1, 0.15) is 42.6 Å². The third kappa shape index (κ3) is 3.39. The van der Waals surface area contributed by atoms with Crippen molar-refractivity contribution in [1.82, 2.24) is 15.0 Å². The molecule has 5 heteroatoms. The summed E-state index contributed by atoms with van der Waals surface area (Å²) in [5, 5.41) is 8.89. The van der Waals surface area contributed by atoms with Crippen molar-refractivity contribution in [3.8, 4) is 0 Å². The lowest BCUT2D eigenvalue weighted by Crippen LogP contribution is -2.08. The molecule has 0 saturated carbocycles. The van der Waals surface area contributed by atoms with Gasteiger partial charge in [-0.3, -0.25) is 0 Å². The molecule has 1 aromatic carbocycles. The van der Waals surface area contributed by atoms with E-state index in [-0.39, 0.29) is 0 Å². The summed E-state index contributed by atoms with van der Waals surface area (Å²) in [6, 6.07) is 10.4. The van der Waals surface area contributed by atoms with Crippen molar-refractivity contribution in [1.29, 1.82) is 0 Å². The lowest BCUT2D eigenvalue weighted by atomic mass is 10.0. The van der Waals surface area contributed by atoms with E-state index in [0.29, 0.717) is 0 Å². The van der Waals surface area contributed by atoms with Crippen LogP contribution >= 0.6 is 38.5 Å². The zero-order valence-electron chi connectivity index (χ0n) is 11.7.